The molecule has 0 spiro atoms. The lowest BCUT2D eigenvalue weighted by atomic mass is 9.84. The third-order valence-electron chi connectivity index (χ3n) is 4.21. The summed E-state index contributed by atoms with van der Waals surface area (Å²) in [4.78, 5) is 0. The standard InChI is InChI=1S/C19H16FN3O/c1-19(2)16-5-11(9-21)3-4-14(16)15-8-17(20)12(6-13(23)10-22)7-18(15)24-19/h3-5,7-8,13H,6,23H2,1-2H3. The summed E-state index contributed by atoms with van der Waals surface area (Å²) in [6.45, 7) is 3.81. The van der Waals surface area contributed by atoms with Crippen molar-refractivity contribution in [2.24, 2.45) is 5.73 Å². The number of hydrogen-bond donors (Lipinski definition) is 1. The van der Waals surface area contributed by atoms with Crippen LogP contribution in [0.2, 0.25) is 0 Å². The van der Waals surface area contributed by atoms with Crippen molar-refractivity contribution in [3.63, 3.8) is 0 Å². The topological polar surface area (TPSA) is 82.8 Å². The predicted molar refractivity (Wildman–Crippen MR) is 87.5 cm³/mol. The fourth-order valence-electron chi connectivity index (χ4n) is 3.01. The lowest BCUT2D eigenvalue weighted by Gasteiger charge is -2.35. The van der Waals surface area contributed by atoms with Crippen LogP contribution in [-0.2, 0) is 12.0 Å². The van der Waals surface area contributed by atoms with Crippen LogP contribution in [0.3, 0.4) is 0 Å². The van der Waals surface area contributed by atoms with Gasteiger partial charge in [-0.15, -0.1) is 0 Å². The summed E-state index contributed by atoms with van der Waals surface area (Å²) in [5.74, 6) is 0.136. The fraction of sp³-hybridized carbons (Fsp3) is 0.263. The lowest BCUT2D eigenvalue weighted by molar-refractivity contribution is 0.105. The number of ether oxygens (including phenoxy) is 1. The predicted octanol–water partition coefficient (Wildman–Crippen LogP) is 3.39. The van der Waals surface area contributed by atoms with E-state index in [4.69, 9.17) is 21.0 Å². The van der Waals surface area contributed by atoms with Crippen molar-refractivity contribution in [2.75, 3.05) is 0 Å². The Balaban J connectivity index is 2.17. The SMILES string of the molecule is CC1(C)Oc2cc(CC(N)C#N)c(F)cc2-c2ccc(C#N)cc21. The smallest absolute Gasteiger partial charge is 0.129 e. The Kier molecular flexibility index (Phi) is 3.75. The van der Waals surface area contributed by atoms with Crippen LogP contribution in [0.1, 0.15) is 30.5 Å². The molecule has 0 saturated heterocycles. The van der Waals surface area contributed by atoms with Gasteiger partial charge in [0.15, 0.2) is 0 Å². The number of fused-ring (bicyclic) bond motifs is 3. The van der Waals surface area contributed by atoms with Gasteiger partial charge in [0.1, 0.15) is 17.2 Å². The molecule has 0 fully saturated rings. The molecule has 2 N–H and O–H groups in total. The molecule has 1 unspecified atom stereocenters. The van der Waals surface area contributed by atoms with Gasteiger partial charge in [0.2, 0.25) is 0 Å². The highest BCUT2D eigenvalue weighted by Gasteiger charge is 2.33. The second-order valence-electron chi connectivity index (χ2n) is 6.36. The fourth-order valence-corrected chi connectivity index (χ4v) is 3.01. The van der Waals surface area contributed by atoms with E-state index in [9.17, 15) is 4.39 Å². The maximum atomic E-state index is 14.4. The summed E-state index contributed by atoms with van der Waals surface area (Å²) in [6.07, 6.45) is 0.125. The molecule has 4 nitrogen and oxygen atoms in total. The molecule has 0 radical (unpaired) electrons. The average Bonchev–Trinajstić information content (AvgIpc) is 2.56. The van der Waals surface area contributed by atoms with E-state index in [0.29, 0.717) is 22.4 Å². The first-order valence-corrected chi connectivity index (χ1v) is 7.57. The zero-order chi connectivity index (χ0) is 17.5. The molecule has 0 aliphatic carbocycles. The molecule has 1 atom stereocenters. The van der Waals surface area contributed by atoms with Crippen LogP contribution >= 0.6 is 0 Å². The maximum absolute atomic E-state index is 14.4. The van der Waals surface area contributed by atoms with Crippen LogP contribution in [0.5, 0.6) is 5.75 Å². The van der Waals surface area contributed by atoms with Gasteiger partial charge in [0.25, 0.3) is 0 Å². The monoisotopic (exact) mass is 321 g/mol. The number of nitriles is 2. The summed E-state index contributed by atoms with van der Waals surface area (Å²) in [6, 6.07) is 11.6. The third kappa shape index (κ3) is 2.60. The first kappa shape index (κ1) is 16.0. The van der Waals surface area contributed by atoms with E-state index in [0.717, 1.165) is 11.1 Å². The molecule has 0 aromatic heterocycles. The second-order valence-corrected chi connectivity index (χ2v) is 6.36. The Hall–Kier alpha value is -2.89. The summed E-state index contributed by atoms with van der Waals surface area (Å²) < 4.78 is 20.5. The van der Waals surface area contributed by atoms with E-state index in [1.165, 1.54) is 6.07 Å². The Morgan fingerprint density at radius 2 is 1.96 bits per heavy atom. The molecule has 2 aromatic rings. The highest BCUT2D eigenvalue weighted by molar-refractivity contribution is 5.77. The Morgan fingerprint density at radius 1 is 1.21 bits per heavy atom. The second kappa shape index (κ2) is 5.63. The zero-order valence-corrected chi connectivity index (χ0v) is 13.4. The van der Waals surface area contributed by atoms with Gasteiger partial charge in [-0.1, -0.05) is 6.07 Å². The molecule has 0 bridgehead atoms. The van der Waals surface area contributed by atoms with E-state index < -0.39 is 17.5 Å². The van der Waals surface area contributed by atoms with E-state index in [2.05, 4.69) is 6.07 Å². The number of halogens is 1. The number of benzene rings is 2. The van der Waals surface area contributed by atoms with Gasteiger partial charge in [-0.2, -0.15) is 10.5 Å². The largest absolute Gasteiger partial charge is 0.482 e. The van der Waals surface area contributed by atoms with Crippen LogP contribution in [0.4, 0.5) is 4.39 Å². The first-order chi connectivity index (χ1) is 11.4. The summed E-state index contributed by atoms with van der Waals surface area (Å²) in [7, 11) is 0. The number of nitrogens with two attached hydrogens (primary N) is 1. The minimum atomic E-state index is -0.764. The minimum absolute atomic E-state index is 0.125. The van der Waals surface area contributed by atoms with Crippen molar-refractivity contribution in [2.45, 2.75) is 31.9 Å². The van der Waals surface area contributed by atoms with Gasteiger partial charge >= 0.3 is 0 Å². The van der Waals surface area contributed by atoms with Crippen molar-refractivity contribution in [1.29, 1.82) is 10.5 Å². The molecule has 1 heterocycles. The van der Waals surface area contributed by atoms with Gasteiger partial charge in [-0.3, -0.25) is 0 Å². The van der Waals surface area contributed by atoms with Gasteiger partial charge in [0, 0.05) is 17.5 Å². The molecule has 3 rings (SSSR count). The molecule has 5 heteroatoms. The van der Waals surface area contributed by atoms with Crippen molar-refractivity contribution in [3.05, 3.63) is 52.8 Å². The van der Waals surface area contributed by atoms with Gasteiger partial charge in [-0.25, -0.2) is 4.39 Å². The third-order valence-corrected chi connectivity index (χ3v) is 4.21. The first-order valence-electron chi connectivity index (χ1n) is 7.57. The summed E-state index contributed by atoms with van der Waals surface area (Å²) in [5, 5.41) is 17.9. The van der Waals surface area contributed by atoms with E-state index in [1.807, 2.05) is 26.0 Å². The molecule has 0 saturated carbocycles. The van der Waals surface area contributed by atoms with Crippen LogP contribution in [0.15, 0.2) is 30.3 Å². The average molecular weight is 321 g/mol. The molecule has 120 valence electrons. The Bertz CT molecular complexity index is 906. The van der Waals surface area contributed by atoms with Crippen LogP contribution in [0, 0.1) is 28.5 Å². The normalized spacial score (nSPS) is 15.2. The molecule has 2 aromatic carbocycles. The molecule has 1 aliphatic rings. The number of hydrogen-bond acceptors (Lipinski definition) is 4. The summed E-state index contributed by atoms with van der Waals surface area (Å²) >= 11 is 0. The maximum Gasteiger partial charge on any atom is 0.129 e. The van der Waals surface area contributed by atoms with Crippen LogP contribution in [-0.4, -0.2) is 6.04 Å². The van der Waals surface area contributed by atoms with Crippen molar-refractivity contribution in [1.82, 2.24) is 0 Å². The lowest BCUT2D eigenvalue weighted by Crippen LogP contribution is -2.30. The van der Waals surface area contributed by atoms with Crippen molar-refractivity contribution >= 4 is 0 Å². The molecular weight excluding hydrogens is 305 g/mol. The number of rotatable bonds is 2. The zero-order valence-electron chi connectivity index (χ0n) is 13.4. The molecule has 24 heavy (non-hydrogen) atoms. The van der Waals surface area contributed by atoms with Crippen molar-refractivity contribution < 1.29 is 9.13 Å². The van der Waals surface area contributed by atoms with Crippen LogP contribution in [0.25, 0.3) is 11.1 Å². The van der Waals surface area contributed by atoms with E-state index >= 15 is 0 Å². The van der Waals surface area contributed by atoms with Crippen LogP contribution < -0.4 is 10.5 Å². The Morgan fingerprint density at radius 3 is 2.62 bits per heavy atom. The van der Waals surface area contributed by atoms with Gasteiger partial charge < -0.3 is 10.5 Å². The van der Waals surface area contributed by atoms with Gasteiger partial charge in [-0.05, 0) is 49.2 Å². The quantitative estimate of drug-likeness (QED) is 0.919. The highest BCUT2D eigenvalue weighted by atomic mass is 19.1. The van der Waals surface area contributed by atoms with E-state index in [1.54, 1.807) is 18.2 Å². The summed E-state index contributed by atoms with van der Waals surface area (Å²) in [5.41, 5.74) is 8.18. The molecule has 1 aliphatic heterocycles. The van der Waals surface area contributed by atoms with E-state index in [-0.39, 0.29) is 6.42 Å². The molecule has 0 amide bonds. The van der Waals surface area contributed by atoms with Crippen molar-refractivity contribution in [3.8, 4) is 29.0 Å². The minimum Gasteiger partial charge on any atom is -0.482 e. The van der Waals surface area contributed by atoms with Gasteiger partial charge in [0.05, 0.1) is 23.7 Å². The molecular formula is C19H16FN3O. The highest BCUT2D eigenvalue weighted by Crippen LogP contribution is 2.46. The number of nitrogens with zero attached hydrogens (tertiary/aromatic N) is 2. The Labute approximate surface area is 139 Å².